The van der Waals surface area contributed by atoms with E-state index in [4.69, 9.17) is 4.98 Å². The molecule has 0 radical (unpaired) electrons. The molecule has 0 bridgehead atoms. The van der Waals surface area contributed by atoms with Crippen LogP contribution in [0.2, 0.25) is 0 Å². The maximum absolute atomic E-state index is 13.8. The van der Waals surface area contributed by atoms with Crippen LogP contribution in [-0.2, 0) is 13.0 Å². The fraction of sp³-hybridized carbons (Fsp3) is 0.394. The number of fused-ring (bicyclic) bond motifs is 1. The largest absolute Gasteiger partial charge is 0.381 e. The van der Waals surface area contributed by atoms with Crippen LogP contribution in [0.5, 0.6) is 0 Å². The number of anilines is 3. The molecule has 9 heteroatoms. The Balaban J connectivity index is 1.46. The highest BCUT2D eigenvalue weighted by Crippen LogP contribution is 2.21. The molecule has 9 nitrogen and oxygen atoms in total. The highest BCUT2D eigenvalue weighted by molar-refractivity contribution is 5.77. The van der Waals surface area contributed by atoms with Gasteiger partial charge in [0.2, 0.25) is 5.95 Å². The van der Waals surface area contributed by atoms with Crippen molar-refractivity contribution in [1.82, 2.24) is 29.7 Å². The van der Waals surface area contributed by atoms with Crippen molar-refractivity contribution in [1.29, 1.82) is 0 Å². The lowest BCUT2D eigenvalue weighted by molar-refractivity contribution is 0.411. The minimum absolute atomic E-state index is 0.147. The van der Waals surface area contributed by atoms with E-state index >= 15 is 0 Å². The number of benzene rings is 1. The predicted octanol–water partition coefficient (Wildman–Crippen LogP) is 4.25. The van der Waals surface area contributed by atoms with Gasteiger partial charge in [-0.25, -0.2) is 4.98 Å². The highest BCUT2D eigenvalue weighted by Gasteiger charge is 2.15. The van der Waals surface area contributed by atoms with Crippen LogP contribution in [0.4, 0.5) is 17.3 Å². The molecule has 0 amide bonds. The average molecular weight is 565 g/mol. The minimum Gasteiger partial charge on any atom is -0.381 e. The van der Waals surface area contributed by atoms with Crippen molar-refractivity contribution in [3.8, 4) is 11.8 Å². The van der Waals surface area contributed by atoms with Crippen molar-refractivity contribution in [2.75, 3.05) is 44.4 Å². The van der Waals surface area contributed by atoms with Crippen LogP contribution in [0.1, 0.15) is 43.5 Å². The predicted molar refractivity (Wildman–Crippen MR) is 170 cm³/mol. The Morgan fingerprint density at radius 3 is 2.69 bits per heavy atom. The standard InChI is InChI=1S/C33H40N8O/c1-23(2)9-10-24-19-26-20-36-33(38-28-13-11-27(12-14-28)37-29-8-6-16-34-21-29)39-31(26)41(32(24)42)22-25-7-5-17-35-30(25)15-18-40(3)4/h5,7,11-14,17,19-20,23,29,34,37H,6,8,15-16,18,21-22H2,1-4H3,(H,36,38,39). The molecular weight excluding hydrogens is 524 g/mol. The molecule has 1 fully saturated rings. The van der Waals surface area contributed by atoms with Crippen LogP contribution in [0.3, 0.4) is 0 Å². The van der Waals surface area contributed by atoms with E-state index < -0.39 is 0 Å². The molecule has 4 aromatic rings. The smallest absolute Gasteiger partial charge is 0.268 e. The number of hydrogen-bond donors (Lipinski definition) is 3. The number of likely N-dealkylation sites (N-methyl/N-ethyl adjacent to an activating group) is 1. The minimum atomic E-state index is -0.171. The topological polar surface area (TPSA) is 100 Å². The van der Waals surface area contributed by atoms with Crippen molar-refractivity contribution < 1.29 is 0 Å². The highest BCUT2D eigenvalue weighted by atomic mass is 16.1. The second kappa shape index (κ2) is 13.6. The van der Waals surface area contributed by atoms with E-state index in [0.29, 0.717) is 29.7 Å². The molecule has 1 aromatic carbocycles. The summed E-state index contributed by atoms with van der Waals surface area (Å²) in [6, 6.07) is 14.3. The zero-order valence-corrected chi connectivity index (χ0v) is 24.9. The average Bonchev–Trinajstić information content (AvgIpc) is 2.99. The van der Waals surface area contributed by atoms with Gasteiger partial charge in [-0.05, 0) is 75.4 Å². The normalized spacial score (nSPS) is 15.0. The molecular formula is C33H40N8O. The van der Waals surface area contributed by atoms with E-state index in [9.17, 15) is 4.79 Å². The number of piperidine rings is 1. The molecule has 0 aliphatic carbocycles. The molecule has 3 aromatic heterocycles. The molecule has 1 unspecified atom stereocenters. The van der Waals surface area contributed by atoms with Crippen LogP contribution in [0.25, 0.3) is 11.0 Å². The van der Waals surface area contributed by atoms with Gasteiger partial charge in [0, 0.05) is 66.3 Å². The van der Waals surface area contributed by atoms with Crippen molar-refractivity contribution in [3.05, 3.63) is 82.0 Å². The summed E-state index contributed by atoms with van der Waals surface area (Å²) in [6.45, 7) is 7.30. The van der Waals surface area contributed by atoms with Crippen LogP contribution < -0.4 is 21.5 Å². The SMILES string of the molecule is CC(C)C#Cc1cc2cnc(Nc3ccc(NC4CCCNC4)cc3)nc2n(Cc2cccnc2CCN(C)C)c1=O. The Bertz CT molecular complexity index is 1630. The van der Waals surface area contributed by atoms with Crippen molar-refractivity contribution in [2.24, 2.45) is 5.92 Å². The molecule has 42 heavy (non-hydrogen) atoms. The first-order valence-corrected chi connectivity index (χ1v) is 14.7. The molecule has 1 atom stereocenters. The third-order valence-electron chi connectivity index (χ3n) is 7.24. The monoisotopic (exact) mass is 564 g/mol. The molecule has 0 saturated carbocycles. The summed E-state index contributed by atoms with van der Waals surface area (Å²) in [5.41, 5.74) is 4.73. The molecule has 1 saturated heterocycles. The Hall–Kier alpha value is -4.26. The van der Waals surface area contributed by atoms with Gasteiger partial charge in [-0.3, -0.25) is 14.3 Å². The van der Waals surface area contributed by atoms with Gasteiger partial charge in [0.1, 0.15) is 5.65 Å². The fourth-order valence-corrected chi connectivity index (χ4v) is 5.01. The van der Waals surface area contributed by atoms with Crippen LogP contribution in [-0.4, -0.2) is 64.2 Å². The second-order valence-corrected chi connectivity index (χ2v) is 11.4. The Morgan fingerprint density at radius 2 is 1.95 bits per heavy atom. The number of nitrogens with zero attached hydrogens (tertiary/aromatic N) is 5. The van der Waals surface area contributed by atoms with Gasteiger partial charge < -0.3 is 20.9 Å². The van der Waals surface area contributed by atoms with Gasteiger partial charge >= 0.3 is 0 Å². The van der Waals surface area contributed by atoms with Crippen molar-refractivity contribution in [3.63, 3.8) is 0 Å². The summed E-state index contributed by atoms with van der Waals surface area (Å²) < 4.78 is 1.70. The third-order valence-corrected chi connectivity index (χ3v) is 7.24. The van der Waals surface area contributed by atoms with E-state index in [1.165, 1.54) is 12.8 Å². The van der Waals surface area contributed by atoms with Gasteiger partial charge in [0.25, 0.3) is 5.56 Å². The lowest BCUT2D eigenvalue weighted by Crippen LogP contribution is -2.38. The molecule has 1 aliphatic rings. The molecule has 0 spiro atoms. The van der Waals surface area contributed by atoms with E-state index in [1.807, 2.05) is 52.2 Å². The fourth-order valence-electron chi connectivity index (χ4n) is 5.01. The number of rotatable bonds is 9. The Labute approximate surface area is 247 Å². The molecule has 3 N–H and O–H groups in total. The van der Waals surface area contributed by atoms with Crippen LogP contribution in [0.15, 0.2) is 59.7 Å². The first-order valence-electron chi connectivity index (χ1n) is 14.7. The second-order valence-electron chi connectivity index (χ2n) is 11.4. The number of nitrogens with one attached hydrogen (secondary N) is 3. The maximum atomic E-state index is 13.8. The van der Waals surface area contributed by atoms with Gasteiger partial charge in [-0.15, -0.1) is 0 Å². The first-order chi connectivity index (χ1) is 20.4. The number of hydrogen-bond acceptors (Lipinski definition) is 8. The van der Waals surface area contributed by atoms with Gasteiger partial charge in [0.15, 0.2) is 0 Å². The van der Waals surface area contributed by atoms with Crippen molar-refractivity contribution in [2.45, 2.75) is 45.7 Å². The van der Waals surface area contributed by atoms with Crippen LogP contribution in [0, 0.1) is 17.8 Å². The van der Waals surface area contributed by atoms with Crippen molar-refractivity contribution >= 4 is 28.4 Å². The summed E-state index contributed by atoms with van der Waals surface area (Å²) in [5, 5.41) is 11.1. The Morgan fingerprint density at radius 1 is 1.14 bits per heavy atom. The molecule has 218 valence electrons. The number of aromatic nitrogens is 4. The van der Waals surface area contributed by atoms with Gasteiger partial charge in [-0.2, -0.15) is 4.98 Å². The van der Waals surface area contributed by atoms with Crippen LogP contribution >= 0.6 is 0 Å². The molecule has 4 heterocycles. The lowest BCUT2D eigenvalue weighted by atomic mass is 10.1. The van der Waals surface area contributed by atoms with E-state index in [-0.39, 0.29) is 11.5 Å². The molecule has 1 aliphatic heterocycles. The summed E-state index contributed by atoms with van der Waals surface area (Å²) in [5.74, 6) is 6.79. The summed E-state index contributed by atoms with van der Waals surface area (Å²) in [4.78, 5) is 29.9. The van der Waals surface area contributed by atoms with E-state index in [0.717, 1.165) is 54.1 Å². The lowest BCUT2D eigenvalue weighted by Gasteiger charge is -2.24. The molecule has 5 rings (SSSR count). The number of pyridine rings is 2. The zero-order valence-electron chi connectivity index (χ0n) is 24.9. The maximum Gasteiger partial charge on any atom is 0.268 e. The third kappa shape index (κ3) is 7.52. The van der Waals surface area contributed by atoms with Gasteiger partial charge in [0.05, 0.1) is 12.1 Å². The zero-order chi connectivity index (χ0) is 29.5. The summed E-state index contributed by atoms with van der Waals surface area (Å²) >= 11 is 0. The van der Waals surface area contributed by atoms with Gasteiger partial charge in [-0.1, -0.05) is 31.8 Å². The summed E-state index contributed by atoms with van der Waals surface area (Å²) in [6.07, 6.45) is 6.69. The summed E-state index contributed by atoms with van der Waals surface area (Å²) in [7, 11) is 4.09. The first kappa shape index (κ1) is 29.2. The van der Waals surface area contributed by atoms with E-state index in [2.05, 4.69) is 54.8 Å². The Kier molecular flexibility index (Phi) is 9.47. The quantitative estimate of drug-likeness (QED) is 0.260. The van der Waals surface area contributed by atoms with E-state index in [1.54, 1.807) is 23.0 Å².